The zero-order valence-corrected chi connectivity index (χ0v) is 28.9. The fourth-order valence-electron chi connectivity index (χ4n) is 5.83. The van der Waals surface area contributed by atoms with E-state index < -0.39 is 28.5 Å². The molecular weight excluding hydrogens is 653 g/mol. The maximum atomic E-state index is 14.6. The molecule has 4 aromatic carbocycles. The molecule has 1 aliphatic rings. The van der Waals surface area contributed by atoms with Crippen molar-refractivity contribution in [3.05, 3.63) is 129 Å². The van der Waals surface area contributed by atoms with Gasteiger partial charge in [0.05, 0.1) is 20.6 Å². The molecule has 0 saturated heterocycles. The Hall–Kier alpha value is -3.85. The van der Waals surface area contributed by atoms with E-state index in [9.17, 15) is 18.0 Å². The van der Waals surface area contributed by atoms with E-state index in [2.05, 4.69) is 5.32 Å². The largest absolute Gasteiger partial charge is 0.352 e. The summed E-state index contributed by atoms with van der Waals surface area (Å²) in [7, 11) is -4.17. The molecule has 10 heteroatoms. The minimum absolute atomic E-state index is 0.0115. The first kappa shape index (κ1) is 34.5. The summed E-state index contributed by atoms with van der Waals surface area (Å²) in [6, 6.07) is 27.2. The molecule has 47 heavy (non-hydrogen) atoms. The van der Waals surface area contributed by atoms with E-state index in [1.165, 1.54) is 17.0 Å². The van der Waals surface area contributed by atoms with E-state index in [1.54, 1.807) is 54.6 Å². The molecular formula is C37H39Cl2N3O4S. The number of nitrogens with one attached hydrogen (secondary N) is 1. The molecule has 0 aliphatic heterocycles. The van der Waals surface area contributed by atoms with Crippen LogP contribution in [0.2, 0.25) is 10.0 Å². The average Bonchev–Trinajstić information content (AvgIpc) is 3.57. The van der Waals surface area contributed by atoms with Crippen molar-refractivity contribution in [1.82, 2.24) is 10.2 Å². The van der Waals surface area contributed by atoms with Crippen molar-refractivity contribution in [2.75, 3.05) is 10.8 Å². The van der Waals surface area contributed by atoms with Gasteiger partial charge in [-0.15, -0.1) is 0 Å². The molecule has 1 atom stereocenters. The third-order valence-corrected chi connectivity index (χ3v) is 11.0. The fourth-order valence-corrected chi connectivity index (χ4v) is 7.57. The number of carbonyl (C=O) groups is 2. The maximum Gasteiger partial charge on any atom is 0.264 e. The molecule has 4 aromatic rings. The van der Waals surface area contributed by atoms with Crippen LogP contribution in [0.15, 0.2) is 102 Å². The van der Waals surface area contributed by atoms with E-state index in [-0.39, 0.29) is 29.8 Å². The average molecular weight is 693 g/mol. The number of benzene rings is 4. The quantitative estimate of drug-likeness (QED) is 0.167. The number of aryl methyl sites for hydroxylation is 2. The minimum atomic E-state index is -4.17. The van der Waals surface area contributed by atoms with Crippen molar-refractivity contribution in [2.24, 2.45) is 0 Å². The molecule has 0 unspecified atom stereocenters. The third kappa shape index (κ3) is 8.74. The van der Waals surface area contributed by atoms with E-state index in [0.29, 0.717) is 21.3 Å². The summed E-state index contributed by atoms with van der Waals surface area (Å²) in [5, 5.41) is 3.86. The molecule has 5 rings (SSSR count). The van der Waals surface area contributed by atoms with E-state index in [0.717, 1.165) is 46.7 Å². The first-order valence-corrected chi connectivity index (χ1v) is 17.9. The molecule has 1 fully saturated rings. The Morgan fingerprint density at radius 2 is 1.43 bits per heavy atom. The summed E-state index contributed by atoms with van der Waals surface area (Å²) in [6.07, 6.45) is 4.05. The highest BCUT2D eigenvalue weighted by molar-refractivity contribution is 7.92. The zero-order valence-electron chi connectivity index (χ0n) is 26.5. The number of carbonyl (C=O) groups excluding carboxylic acids is 2. The van der Waals surface area contributed by atoms with Crippen molar-refractivity contribution in [3.8, 4) is 0 Å². The van der Waals surface area contributed by atoms with Crippen LogP contribution in [0, 0.1) is 13.8 Å². The van der Waals surface area contributed by atoms with Crippen molar-refractivity contribution in [2.45, 2.75) is 69.5 Å². The van der Waals surface area contributed by atoms with Crippen LogP contribution < -0.4 is 9.62 Å². The molecule has 0 heterocycles. The molecule has 7 nitrogen and oxygen atoms in total. The van der Waals surface area contributed by atoms with E-state index >= 15 is 0 Å². The topological polar surface area (TPSA) is 86.8 Å². The zero-order chi connectivity index (χ0) is 33.6. The molecule has 0 aromatic heterocycles. The number of nitrogens with zero attached hydrogens (tertiary/aromatic N) is 2. The van der Waals surface area contributed by atoms with Gasteiger partial charge < -0.3 is 10.2 Å². The lowest BCUT2D eigenvalue weighted by Crippen LogP contribution is -2.54. The van der Waals surface area contributed by atoms with Crippen LogP contribution in [0.4, 0.5) is 5.69 Å². The standard InChI is InChI=1S/C37H39Cl2N3O4S/c1-26-12-17-31(18-13-26)42(47(45,46)32-19-14-27(2)15-20-32)25-36(43)41(24-29-16-21-33(38)34(39)22-29)35(23-28-8-4-3-5-9-28)37(44)40-30-10-6-7-11-30/h3-5,8-9,12-22,30,35H,6-7,10-11,23-25H2,1-2H3,(H,40,44)/t35-/m0/s1. The van der Waals surface area contributed by atoms with Gasteiger partial charge in [-0.2, -0.15) is 0 Å². The van der Waals surface area contributed by atoms with Crippen molar-refractivity contribution >= 4 is 50.7 Å². The van der Waals surface area contributed by atoms with Gasteiger partial charge in [0.1, 0.15) is 12.6 Å². The summed E-state index contributed by atoms with van der Waals surface area (Å²) in [6.45, 7) is 3.27. The van der Waals surface area contributed by atoms with Gasteiger partial charge in [0.15, 0.2) is 0 Å². The Morgan fingerprint density at radius 3 is 2.04 bits per heavy atom. The molecule has 2 amide bonds. The van der Waals surface area contributed by atoms with Crippen LogP contribution in [0.25, 0.3) is 0 Å². The second-order valence-corrected chi connectivity index (χ2v) is 14.8. The van der Waals surface area contributed by atoms with Crippen LogP contribution in [0.5, 0.6) is 0 Å². The van der Waals surface area contributed by atoms with Gasteiger partial charge in [-0.25, -0.2) is 8.42 Å². The lowest BCUT2D eigenvalue weighted by molar-refractivity contribution is -0.140. The van der Waals surface area contributed by atoms with Crippen LogP contribution >= 0.6 is 23.2 Å². The van der Waals surface area contributed by atoms with Gasteiger partial charge in [0.25, 0.3) is 10.0 Å². The van der Waals surface area contributed by atoms with E-state index in [4.69, 9.17) is 23.2 Å². The molecule has 1 N–H and O–H groups in total. The number of hydrogen-bond acceptors (Lipinski definition) is 4. The SMILES string of the molecule is Cc1ccc(N(CC(=O)N(Cc2ccc(Cl)c(Cl)c2)[C@@H](Cc2ccccc2)C(=O)NC2CCCC2)S(=O)(=O)c2ccc(C)cc2)cc1. The van der Waals surface area contributed by atoms with Gasteiger partial charge >= 0.3 is 0 Å². The van der Waals surface area contributed by atoms with Crippen LogP contribution in [0.1, 0.15) is 47.9 Å². The lowest BCUT2D eigenvalue weighted by Gasteiger charge is -2.34. The lowest BCUT2D eigenvalue weighted by atomic mass is 10.0. The van der Waals surface area contributed by atoms with E-state index in [1.807, 2.05) is 44.2 Å². The second-order valence-electron chi connectivity index (χ2n) is 12.1. The monoisotopic (exact) mass is 691 g/mol. The van der Waals surface area contributed by atoms with Crippen LogP contribution in [-0.4, -0.2) is 43.8 Å². The Labute approximate surface area is 287 Å². The van der Waals surface area contributed by atoms with Crippen LogP contribution in [0.3, 0.4) is 0 Å². The Balaban J connectivity index is 1.57. The molecule has 246 valence electrons. The summed E-state index contributed by atoms with van der Waals surface area (Å²) in [4.78, 5) is 30.3. The maximum absolute atomic E-state index is 14.6. The highest BCUT2D eigenvalue weighted by atomic mass is 35.5. The van der Waals surface area contributed by atoms with Crippen molar-refractivity contribution < 1.29 is 18.0 Å². The Kier molecular flexibility index (Phi) is 11.3. The molecule has 1 saturated carbocycles. The van der Waals surface area contributed by atoms with Gasteiger partial charge in [-0.1, -0.05) is 108 Å². The third-order valence-electron chi connectivity index (χ3n) is 8.52. The number of sulfonamides is 1. The predicted octanol–water partition coefficient (Wildman–Crippen LogP) is 7.50. The number of halogens is 2. The minimum Gasteiger partial charge on any atom is -0.352 e. The molecule has 1 aliphatic carbocycles. The Bertz CT molecular complexity index is 1790. The van der Waals surface area contributed by atoms with Crippen molar-refractivity contribution in [3.63, 3.8) is 0 Å². The number of rotatable bonds is 12. The number of hydrogen-bond donors (Lipinski definition) is 1. The summed E-state index contributed by atoms with van der Waals surface area (Å²) < 4.78 is 29.5. The normalized spacial score (nSPS) is 14.0. The first-order valence-electron chi connectivity index (χ1n) is 15.7. The molecule has 0 bridgehead atoms. The predicted molar refractivity (Wildman–Crippen MR) is 188 cm³/mol. The van der Waals surface area contributed by atoms with Gasteiger partial charge in [0.2, 0.25) is 11.8 Å². The van der Waals surface area contributed by atoms with Crippen molar-refractivity contribution in [1.29, 1.82) is 0 Å². The van der Waals surface area contributed by atoms with Gasteiger partial charge in [-0.05, 0) is 74.2 Å². The highest BCUT2D eigenvalue weighted by Gasteiger charge is 2.35. The Morgan fingerprint density at radius 1 is 0.809 bits per heavy atom. The van der Waals surface area contributed by atoms with Gasteiger partial charge in [-0.3, -0.25) is 13.9 Å². The van der Waals surface area contributed by atoms with Gasteiger partial charge in [0, 0.05) is 19.0 Å². The number of anilines is 1. The smallest absolute Gasteiger partial charge is 0.264 e. The molecule has 0 radical (unpaired) electrons. The summed E-state index contributed by atoms with van der Waals surface area (Å²) >= 11 is 12.6. The molecule has 0 spiro atoms. The number of amides is 2. The highest BCUT2D eigenvalue weighted by Crippen LogP contribution is 2.28. The fraction of sp³-hybridized carbons (Fsp3) is 0.297. The summed E-state index contributed by atoms with van der Waals surface area (Å²) in [5.41, 5.74) is 3.72. The van der Waals surface area contributed by atoms with Crippen LogP contribution in [-0.2, 0) is 32.6 Å². The second kappa shape index (κ2) is 15.4. The summed E-state index contributed by atoms with van der Waals surface area (Å²) in [5.74, 6) is -0.813. The first-order chi connectivity index (χ1) is 22.5.